The van der Waals surface area contributed by atoms with E-state index >= 15 is 0 Å². The maximum atomic E-state index is 13.3. The Hall–Kier alpha value is -1.98. The van der Waals surface area contributed by atoms with Gasteiger partial charge in [-0.2, -0.15) is 0 Å². The van der Waals surface area contributed by atoms with Crippen LogP contribution in [0.3, 0.4) is 0 Å². The van der Waals surface area contributed by atoms with E-state index in [4.69, 9.17) is 4.74 Å². The van der Waals surface area contributed by atoms with Gasteiger partial charge in [-0.15, -0.1) is 0 Å². The highest BCUT2D eigenvalue weighted by Crippen LogP contribution is 2.09. The molecule has 1 aromatic carbocycles. The molecule has 0 saturated heterocycles. The lowest BCUT2D eigenvalue weighted by atomic mass is 10.2. The minimum absolute atomic E-state index is 0.00721. The molecule has 1 amide bonds. The van der Waals surface area contributed by atoms with E-state index in [1.54, 1.807) is 13.8 Å². The van der Waals surface area contributed by atoms with Gasteiger partial charge in [-0.25, -0.2) is 8.78 Å². The number of amides is 1. The first kappa shape index (κ1) is 15.1. The first-order valence-electron chi connectivity index (χ1n) is 5.83. The molecule has 0 radical (unpaired) electrons. The highest BCUT2D eigenvalue weighted by atomic mass is 19.1. The predicted octanol–water partition coefficient (Wildman–Crippen LogP) is 2.04. The molecule has 0 unspecified atom stereocenters. The number of ether oxygens (including phenoxy) is 1. The number of benzene rings is 1. The fraction of sp³-hybridized carbons (Fsp3) is 0.385. The van der Waals surface area contributed by atoms with Gasteiger partial charge in [-0.05, 0) is 26.0 Å². The normalized spacial score (nSPS) is 10.4. The van der Waals surface area contributed by atoms with Crippen molar-refractivity contribution in [2.24, 2.45) is 0 Å². The average Bonchev–Trinajstić information content (AvgIpc) is 2.27. The zero-order valence-corrected chi connectivity index (χ0v) is 10.7. The smallest absolute Gasteiger partial charge is 0.307 e. The van der Waals surface area contributed by atoms with Gasteiger partial charge in [0.05, 0.1) is 18.1 Å². The Balaban J connectivity index is 2.45. The molecule has 1 rings (SSSR count). The van der Waals surface area contributed by atoms with Crippen molar-refractivity contribution in [1.82, 2.24) is 5.32 Å². The van der Waals surface area contributed by atoms with Crippen LogP contribution >= 0.6 is 0 Å². The summed E-state index contributed by atoms with van der Waals surface area (Å²) in [5.74, 6) is -2.85. The van der Waals surface area contributed by atoms with Gasteiger partial charge >= 0.3 is 5.97 Å². The van der Waals surface area contributed by atoms with Gasteiger partial charge in [0.2, 0.25) is 0 Å². The van der Waals surface area contributed by atoms with E-state index in [-0.39, 0.29) is 24.6 Å². The number of halogens is 2. The van der Waals surface area contributed by atoms with Crippen LogP contribution in [0, 0.1) is 11.6 Å². The molecule has 0 bridgehead atoms. The van der Waals surface area contributed by atoms with Gasteiger partial charge in [0.15, 0.2) is 0 Å². The topological polar surface area (TPSA) is 55.4 Å². The Labute approximate surface area is 109 Å². The number of carbonyl (C=O) groups excluding carboxylic acids is 2. The molecule has 0 heterocycles. The van der Waals surface area contributed by atoms with Crippen LogP contribution in [0.15, 0.2) is 18.2 Å². The Morgan fingerprint density at radius 1 is 1.32 bits per heavy atom. The Bertz CT molecular complexity index is 475. The number of carbonyl (C=O) groups is 2. The molecule has 0 aliphatic carbocycles. The van der Waals surface area contributed by atoms with Gasteiger partial charge in [0, 0.05) is 12.6 Å². The SMILES string of the molecule is CC(C)OC(=O)CCNC(=O)c1ccc(F)cc1F. The van der Waals surface area contributed by atoms with Crippen molar-refractivity contribution in [2.75, 3.05) is 6.54 Å². The van der Waals surface area contributed by atoms with E-state index in [9.17, 15) is 18.4 Å². The molecule has 0 aromatic heterocycles. The van der Waals surface area contributed by atoms with Gasteiger partial charge in [0.1, 0.15) is 11.6 Å². The minimum atomic E-state index is -0.942. The fourth-order valence-corrected chi connectivity index (χ4v) is 1.37. The summed E-state index contributed by atoms with van der Waals surface area (Å²) in [7, 11) is 0. The second-order valence-electron chi connectivity index (χ2n) is 4.17. The lowest BCUT2D eigenvalue weighted by Crippen LogP contribution is -2.27. The van der Waals surface area contributed by atoms with Crippen molar-refractivity contribution in [3.63, 3.8) is 0 Å². The maximum Gasteiger partial charge on any atom is 0.307 e. The summed E-state index contributed by atoms with van der Waals surface area (Å²) in [6.07, 6.45) is -0.232. The van der Waals surface area contributed by atoms with E-state index in [0.29, 0.717) is 6.07 Å². The zero-order valence-electron chi connectivity index (χ0n) is 10.7. The van der Waals surface area contributed by atoms with Crippen LogP contribution in [0.4, 0.5) is 8.78 Å². The van der Waals surface area contributed by atoms with Crippen LogP contribution in [-0.2, 0) is 9.53 Å². The molecule has 0 spiro atoms. The molecule has 1 aromatic rings. The zero-order chi connectivity index (χ0) is 14.4. The van der Waals surface area contributed by atoms with Gasteiger partial charge < -0.3 is 10.1 Å². The Morgan fingerprint density at radius 2 is 2.00 bits per heavy atom. The third-order valence-electron chi connectivity index (χ3n) is 2.16. The molecule has 0 fully saturated rings. The molecule has 0 aliphatic rings. The van der Waals surface area contributed by atoms with Crippen LogP contribution in [0.25, 0.3) is 0 Å². The van der Waals surface area contributed by atoms with Crippen molar-refractivity contribution in [3.8, 4) is 0 Å². The number of hydrogen-bond acceptors (Lipinski definition) is 3. The van der Waals surface area contributed by atoms with Crippen molar-refractivity contribution < 1.29 is 23.1 Å². The summed E-state index contributed by atoms with van der Waals surface area (Å²) in [4.78, 5) is 22.7. The number of esters is 1. The summed E-state index contributed by atoms with van der Waals surface area (Å²) in [6, 6.07) is 2.67. The number of nitrogens with one attached hydrogen (secondary N) is 1. The monoisotopic (exact) mass is 271 g/mol. The van der Waals surface area contributed by atoms with Gasteiger partial charge in [-0.1, -0.05) is 0 Å². The van der Waals surface area contributed by atoms with E-state index in [2.05, 4.69) is 5.32 Å². The van der Waals surface area contributed by atoms with E-state index in [0.717, 1.165) is 12.1 Å². The van der Waals surface area contributed by atoms with Crippen LogP contribution in [-0.4, -0.2) is 24.5 Å². The van der Waals surface area contributed by atoms with Crippen molar-refractivity contribution in [3.05, 3.63) is 35.4 Å². The summed E-state index contributed by atoms with van der Waals surface area (Å²) in [6.45, 7) is 3.45. The predicted molar refractivity (Wildman–Crippen MR) is 64.5 cm³/mol. The molecular weight excluding hydrogens is 256 g/mol. The second kappa shape index (κ2) is 6.82. The third-order valence-corrected chi connectivity index (χ3v) is 2.16. The largest absolute Gasteiger partial charge is 0.463 e. The lowest BCUT2D eigenvalue weighted by molar-refractivity contribution is -0.147. The summed E-state index contributed by atoms with van der Waals surface area (Å²) in [5, 5.41) is 2.36. The standard InChI is InChI=1S/C13H15F2NO3/c1-8(2)19-12(17)5-6-16-13(18)10-4-3-9(14)7-11(10)15/h3-4,7-8H,5-6H2,1-2H3,(H,16,18). The molecule has 1 N–H and O–H groups in total. The highest BCUT2D eigenvalue weighted by Gasteiger charge is 2.13. The average molecular weight is 271 g/mol. The summed E-state index contributed by atoms with van der Waals surface area (Å²) < 4.78 is 30.8. The molecule has 0 atom stereocenters. The minimum Gasteiger partial charge on any atom is -0.463 e. The lowest BCUT2D eigenvalue weighted by Gasteiger charge is -2.08. The molecule has 4 nitrogen and oxygen atoms in total. The van der Waals surface area contributed by atoms with Gasteiger partial charge in [0.25, 0.3) is 5.91 Å². The molecule has 6 heteroatoms. The first-order valence-corrected chi connectivity index (χ1v) is 5.83. The van der Waals surface area contributed by atoms with Gasteiger partial charge in [-0.3, -0.25) is 9.59 Å². The summed E-state index contributed by atoms with van der Waals surface area (Å²) in [5.41, 5.74) is -0.265. The second-order valence-corrected chi connectivity index (χ2v) is 4.17. The van der Waals surface area contributed by atoms with E-state index in [1.165, 1.54) is 0 Å². The van der Waals surface area contributed by atoms with Crippen molar-refractivity contribution in [2.45, 2.75) is 26.4 Å². The van der Waals surface area contributed by atoms with Crippen molar-refractivity contribution in [1.29, 1.82) is 0 Å². The van der Waals surface area contributed by atoms with Crippen LogP contribution in [0.5, 0.6) is 0 Å². The molecule has 104 valence electrons. The molecule has 19 heavy (non-hydrogen) atoms. The maximum absolute atomic E-state index is 13.3. The number of rotatable bonds is 5. The quantitative estimate of drug-likeness (QED) is 0.834. The van der Waals surface area contributed by atoms with Crippen LogP contribution < -0.4 is 5.32 Å². The first-order chi connectivity index (χ1) is 8.90. The van der Waals surface area contributed by atoms with E-state index in [1.807, 2.05) is 0 Å². The molecule has 0 aliphatic heterocycles. The van der Waals surface area contributed by atoms with Crippen LogP contribution in [0.1, 0.15) is 30.6 Å². The van der Waals surface area contributed by atoms with Crippen LogP contribution in [0.2, 0.25) is 0 Å². The summed E-state index contributed by atoms with van der Waals surface area (Å²) >= 11 is 0. The number of hydrogen-bond donors (Lipinski definition) is 1. The fourth-order valence-electron chi connectivity index (χ4n) is 1.37. The van der Waals surface area contributed by atoms with Crippen molar-refractivity contribution >= 4 is 11.9 Å². The Morgan fingerprint density at radius 3 is 2.58 bits per heavy atom. The Kier molecular flexibility index (Phi) is 5.41. The molecule has 0 saturated carbocycles. The third kappa shape index (κ3) is 5.03. The molecular formula is C13H15F2NO3. The highest BCUT2D eigenvalue weighted by molar-refractivity contribution is 5.94. The van der Waals surface area contributed by atoms with E-state index < -0.39 is 23.5 Å².